The maximum absolute atomic E-state index is 11.8. The molecule has 1 atom stereocenters. The molecule has 0 aliphatic heterocycles. The van der Waals surface area contributed by atoms with E-state index in [1.807, 2.05) is 28.5 Å². The van der Waals surface area contributed by atoms with Crippen molar-refractivity contribution in [3.63, 3.8) is 0 Å². The molecule has 5 heteroatoms. The van der Waals surface area contributed by atoms with E-state index < -0.39 is 0 Å². The standard InChI is InChI=1S/C17H22N2OS.ClH/c1-14(18-11-10-16-7-4-3-5-8-16)13-19(15(2)20)17-9-6-12-21-17;/h3-9,12,14,18H,10-11,13H2,1-2H3;1H. The fourth-order valence-corrected chi connectivity index (χ4v) is 3.03. The minimum absolute atomic E-state index is 0. The summed E-state index contributed by atoms with van der Waals surface area (Å²) in [6.07, 6.45) is 1.00. The zero-order chi connectivity index (χ0) is 15.1. The molecule has 0 saturated heterocycles. The number of carbonyl (C=O) groups is 1. The molecule has 0 aliphatic carbocycles. The van der Waals surface area contributed by atoms with E-state index in [-0.39, 0.29) is 24.4 Å². The van der Waals surface area contributed by atoms with Gasteiger partial charge in [-0.05, 0) is 43.0 Å². The van der Waals surface area contributed by atoms with Gasteiger partial charge in [0.25, 0.3) is 0 Å². The minimum Gasteiger partial charge on any atom is -0.312 e. The molecule has 0 bridgehead atoms. The van der Waals surface area contributed by atoms with Gasteiger partial charge in [-0.15, -0.1) is 23.7 Å². The third-order valence-corrected chi connectivity index (χ3v) is 4.25. The Labute approximate surface area is 142 Å². The predicted molar refractivity (Wildman–Crippen MR) is 97.2 cm³/mol. The molecule has 1 aromatic heterocycles. The summed E-state index contributed by atoms with van der Waals surface area (Å²) < 4.78 is 0. The van der Waals surface area contributed by atoms with Crippen LogP contribution in [0.2, 0.25) is 0 Å². The number of hydrogen-bond donors (Lipinski definition) is 1. The highest BCUT2D eigenvalue weighted by molar-refractivity contribution is 7.14. The van der Waals surface area contributed by atoms with Crippen molar-refractivity contribution in [2.45, 2.75) is 26.3 Å². The molecule has 0 radical (unpaired) electrons. The quantitative estimate of drug-likeness (QED) is 0.834. The Hall–Kier alpha value is -1.36. The van der Waals surface area contributed by atoms with E-state index in [9.17, 15) is 4.79 Å². The van der Waals surface area contributed by atoms with E-state index in [1.54, 1.807) is 18.3 Å². The molecular weight excluding hydrogens is 316 g/mol. The van der Waals surface area contributed by atoms with Crippen LogP contribution in [0.25, 0.3) is 0 Å². The molecule has 3 nitrogen and oxygen atoms in total. The summed E-state index contributed by atoms with van der Waals surface area (Å²) in [4.78, 5) is 13.6. The van der Waals surface area contributed by atoms with Crippen LogP contribution in [0.3, 0.4) is 0 Å². The average Bonchev–Trinajstić information content (AvgIpc) is 2.99. The Balaban J connectivity index is 0.00000242. The number of halogens is 1. The summed E-state index contributed by atoms with van der Waals surface area (Å²) in [6, 6.07) is 14.7. The summed E-state index contributed by atoms with van der Waals surface area (Å²) in [5.41, 5.74) is 1.33. The van der Waals surface area contributed by atoms with Crippen molar-refractivity contribution in [3.05, 3.63) is 53.4 Å². The van der Waals surface area contributed by atoms with Crippen molar-refractivity contribution >= 4 is 34.7 Å². The highest BCUT2D eigenvalue weighted by Gasteiger charge is 2.15. The summed E-state index contributed by atoms with van der Waals surface area (Å²) in [5, 5.41) is 6.50. The topological polar surface area (TPSA) is 32.3 Å². The second-order valence-corrected chi connectivity index (χ2v) is 6.10. The van der Waals surface area contributed by atoms with Crippen LogP contribution in [0, 0.1) is 0 Å². The van der Waals surface area contributed by atoms with Gasteiger partial charge in [0, 0.05) is 19.5 Å². The summed E-state index contributed by atoms with van der Waals surface area (Å²) in [6.45, 7) is 5.36. The third kappa shape index (κ3) is 5.79. The second kappa shape index (κ2) is 9.62. The largest absolute Gasteiger partial charge is 0.312 e. The SMILES string of the molecule is CC(=O)N(CC(C)NCCc1ccccc1)c1cccs1.Cl. The van der Waals surface area contributed by atoms with Gasteiger partial charge in [-0.25, -0.2) is 0 Å². The van der Waals surface area contributed by atoms with E-state index in [4.69, 9.17) is 0 Å². The molecule has 2 rings (SSSR count). The molecule has 0 fully saturated rings. The van der Waals surface area contributed by atoms with Crippen LogP contribution < -0.4 is 10.2 Å². The van der Waals surface area contributed by atoms with Gasteiger partial charge in [0.2, 0.25) is 5.91 Å². The summed E-state index contributed by atoms with van der Waals surface area (Å²) in [7, 11) is 0. The predicted octanol–water partition coefficient (Wildman–Crippen LogP) is 3.74. The van der Waals surface area contributed by atoms with Crippen molar-refractivity contribution < 1.29 is 4.79 Å². The number of nitrogens with zero attached hydrogens (tertiary/aromatic N) is 1. The highest BCUT2D eigenvalue weighted by Crippen LogP contribution is 2.21. The van der Waals surface area contributed by atoms with Crippen LogP contribution in [-0.4, -0.2) is 25.0 Å². The van der Waals surface area contributed by atoms with E-state index >= 15 is 0 Å². The van der Waals surface area contributed by atoms with Gasteiger partial charge < -0.3 is 10.2 Å². The Morgan fingerprint density at radius 1 is 1.23 bits per heavy atom. The number of carbonyl (C=O) groups excluding carboxylic acids is 1. The van der Waals surface area contributed by atoms with Gasteiger partial charge in [-0.3, -0.25) is 4.79 Å². The number of amides is 1. The monoisotopic (exact) mass is 338 g/mol. The number of anilines is 1. The maximum Gasteiger partial charge on any atom is 0.224 e. The zero-order valence-electron chi connectivity index (χ0n) is 13.0. The third-order valence-electron chi connectivity index (χ3n) is 3.36. The van der Waals surface area contributed by atoms with E-state index in [0.717, 1.165) is 18.0 Å². The van der Waals surface area contributed by atoms with Gasteiger partial charge in [0.05, 0.1) is 5.00 Å². The number of benzene rings is 1. The van der Waals surface area contributed by atoms with Crippen molar-refractivity contribution in [1.29, 1.82) is 0 Å². The van der Waals surface area contributed by atoms with Crippen LogP contribution in [0.1, 0.15) is 19.4 Å². The molecule has 120 valence electrons. The molecule has 0 aliphatic rings. The lowest BCUT2D eigenvalue weighted by Gasteiger charge is -2.24. The first-order valence-corrected chi connectivity index (χ1v) is 8.13. The van der Waals surface area contributed by atoms with Crippen molar-refractivity contribution in [2.24, 2.45) is 0 Å². The zero-order valence-corrected chi connectivity index (χ0v) is 14.6. The van der Waals surface area contributed by atoms with Crippen LogP contribution in [0.5, 0.6) is 0 Å². The van der Waals surface area contributed by atoms with Crippen molar-refractivity contribution in [2.75, 3.05) is 18.0 Å². The Kier molecular flexibility index (Phi) is 8.17. The Morgan fingerprint density at radius 2 is 1.95 bits per heavy atom. The minimum atomic E-state index is 0. The molecule has 0 spiro atoms. The second-order valence-electron chi connectivity index (χ2n) is 5.17. The first kappa shape index (κ1) is 18.7. The lowest BCUT2D eigenvalue weighted by atomic mass is 10.1. The average molecular weight is 339 g/mol. The van der Waals surface area contributed by atoms with Crippen LogP contribution >= 0.6 is 23.7 Å². The molecule has 1 N–H and O–H groups in total. The molecule has 22 heavy (non-hydrogen) atoms. The number of thiophene rings is 1. The summed E-state index contributed by atoms with van der Waals surface area (Å²) in [5.74, 6) is 0.0918. The maximum atomic E-state index is 11.8. The fraction of sp³-hybridized carbons (Fsp3) is 0.353. The van der Waals surface area contributed by atoms with E-state index in [1.165, 1.54) is 5.56 Å². The molecule has 1 amide bonds. The van der Waals surface area contributed by atoms with Gasteiger partial charge >= 0.3 is 0 Å². The summed E-state index contributed by atoms with van der Waals surface area (Å²) >= 11 is 1.60. The van der Waals surface area contributed by atoms with Gasteiger partial charge in [0.15, 0.2) is 0 Å². The van der Waals surface area contributed by atoms with Gasteiger partial charge in [-0.1, -0.05) is 30.3 Å². The normalized spacial score (nSPS) is 11.5. The molecule has 1 aromatic carbocycles. The number of nitrogens with one attached hydrogen (secondary N) is 1. The smallest absolute Gasteiger partial charge is 0.224 e. The molecule has 2 aromatic rings. The van der Waals surface area contributed by atoms with Crippen molar-refractivity contribution in [3.8, 4) is 0 Å². The van der Waals surface area contributed by atoms with Crippen LogP contribution in [-0.2, 0) is 11.2 Å². The van der Waals surface area contributed by atoms with Gasteiger partial charge in [-0.2, -0.15) is 0 Å². The lowest BCUT2D eigenvalue weighted by Crippen LogP contribution is -2.41. The molecule has 1 unspecified atom stereocenters. The van der Waals surface area contributed by atoms with Crippen molar-refractivity contribution in [1.82, 2.24) is 5.32 Å². The molecular formula is C17H23ClN2OS. The van der Waals surface area contributed by atoms with E-state index in [2.05, 4.69) is 36.5 Å². The first-order chi connectivity index (χ1) is 10.2. The molecule has 1 heterocycles. The highest BCUT2D eigenvalue weighted by atomic mass is 35.5. The first-order valence-electron chi connectivity index (χ1n) is 7.25. The number of hydrogen-bond acceptors (Lipinski definition) is 3. The van der Waals surface area contributed by atoms with Crippen LogP contribution in [0.15, 0.2) is 47.8 Å². The Bertz CT molecular complexity index is 545. The van der Waals surface area contributed by atoms with Crippen LogP contribution in [0.4, 0.5) is 5.00 Å². The Morgan fingerprint density at radius 3 is 2.55 bits per heavy atom. The lowest BCUT2D eigenvalue weighted by molar-refractivity contribution is -0.116. The van der Waals surface area contributed by atoms with Gasteiger partial charge in [0.1, 0.15) is 0 Å². The van der Waals surface area contributed by atoms with E-state index in [0.29, 0.717) is 6.54 Å². The fourth-order valence-electron chi connectivity index (χ4n) is 2.24. The number of rotatable bonds is 7. The molecule has 0 saturated carbocycles.